The van der Waals surface area contributed by atoms with Crippen molar-refractivity contribution in [2.45, 2.75) is 6.92 Å². The number of pyridine rings is 1. The number of H-pyrrole nitrogens is 1. The van der Waals surface area contributed by atoms with Crippen molar-refractivity contribution in [3.63, 3.8) is 0 Å². The Labute approximate surface area is 121 Å². The minimum absolute atomic E-state index is 0.00814. The van der Waals surface area contributed by atoms with Gasteiger partial charge in [0.2, 0.25) is 5.43 Å². The van der Waals surface area contributed by atoms with Gasteiger partial charge in [-0.15, -0.1) is 0 Å². The molecule has 0 aliphatic rings. The van der Waals surface area contributed by atoms with Crippen molar-refractivity contribution in [3.05, 3.63) is 46.2 Å². The van der Waals surface area contributed by atoms with Gasteiger partial charge in [0.1, 0.15) is 5.56 Å². The topological polar surface area (TPSA) is 90.5 Å². The minimum Gasteiger partial charge on any atom is -0.481 e. The Bertz CT molecular complexity index is 751. The molecule has 1 heterocycles. The lowest BCUT2D eigenvalue weighted by atomic mass is 10.1. The van der Waals surface area contributed by atoms with Crippen LogP contribution < -0.4 is 5.43 Å². The number of fused-ring (bicyclic) bond motifs is 1. The number of aromatic nitrogens is 1. The van der Waals surface area contributed by atoms with Crippen LogP contribution in [0.2, 0.25) is 0 Å². The standard InChI is InChI=1S/C15H16N2O4/c1-9(15(20)21)8-17(2)14(19)11-7-16-12-6-4-3-5-10(12)13(11)18/h3-7,9H,8H2,1-2H3,(H,16,18)(H,20,21). The fourth-order valence-electron chi connectivity index (χ4n) is 2.10. The van der Waals surface area contributed by atoms with Gasteiger partial charge in [-0.05, 0) is 12.1 Å². The molecule has 0 saturated heterocycles. The second-order valence-corrected chi connectivity index (χ2v) is 5.00. The van der Waals surface area contributed by atoms with Crippen LogP contribution >= 0.6 is 0 Å². The molecule has 6 nitrogen and oxygen atoms in total. The van der Waals surface area contributed by atoms with Crippen LogP contribution in [-0.4, -0.2) is 40.5 Å². The van der Waals surface area contributed by atoms with Crippen molar-refractivity contribution in [2.75, 3.05) is 13.6 Å². The Morgan fingerprint density at radius 1 is 1.33 bits per heavy atom. The third kappa shape index (κ3) is 2.94. The van der Waals surface area contributed by atoms with Gasteiger partial charge < -0.3 is 15.0 Å². The number of aromatic amines is 1. The molecule has 1 atom stereocenters. The van der Waals surface area contributed by atoms with E-state index >= 15 is 0 Å². The summed E-state index contributed by atoms with van der Waals surface area (Å²) in [5, 5.41) is 9.31. The van der Waals surface area contributed by atoms with Gasteiger partial charge in [-0.2, -0.15) is 0 Å². The highest BCUT2D eigenvalue weighted by Crippen LogP contribution is 2.09. The molecule has 2 N–H and O–H groups in total. The number of para-hydroxylation sites is 1. The van der Waals surface area contributed by atoms with Crippen LogP contribution in [0.15, 0.2) is 35.3 Å². The van der Waals surface area contributed by atoms with E-state index in [9.17, 15) is 14.4 Å². The van der Waals surface area contributed by atoms with E-state index in [4.69, 9.17) is 5.11 Å². The highest BCUT2D eigenvalue weighted by Gasteiger charge is 2.21. The first kappa shape index (κ1) is 14.8. The molecule has 1 aromatic heterocycles. The molecule has 2 rings (SSSR count). The number of nitrogens with one attached hydrogen (secondary N) is 1. The summed E-state index contributed by atoms with van der Waals surface area (Å²) in [6, 6.07) is 6.91. The fraction of sp³-hybridized carbons (Fsp3) is 0.267. The van der Waals surface area contributed by atoms with Crippen molar-refractivity contribution in [2.24, 2.45) is 5.92 Å². The molecule has 0 bridgehead atoms. The number of carboxylic acid groups (broad SMARTS) is 1. The molecule has 0 aliphatic carbocycles. The van der Waals surface area contributed by atoms with E-state index < -0.39 is 17.8 Å². The molecular formula is C15H16N2O4. The zero-order valence-electron chi connectivity index (χ0n) is 11.8. The van der Waals surface area contributed by atoms with E-state index in [0.717, 1.165) is 0 Å². The summed E-state index contributed by atoms with van der Waals surface area (Å²) in [6.07, 6.45) is 1.37. The molecule has 1 amide bonds. The monoisotopic (exact) mass is 288 g/mol. The number of carboxylic acids is 1. The molecule has 6 heteroatoms. The normalized spacial score (nSPS) is 12.1. The Morgan fingerprint density at radius 3 is 2.67 bits per heavy atom. The molecule has 110 valence electrons. The summed E-state index contributed by atoms with van der Waals surface area (Å²) in [5.74, 6) is -2.17. The summed E-state index contributed by atoms with van der Waals surface area (Å²) < 4.78 is 0. The lowest BCUT2D eigenvalue weighted by molar-refractivity contribution is -0.141. The first-order valence-electron chi connectivity index (χ1n) is 6.50. The van der Waals surface area contributed by atoms with Crippen molar-refractivity contribution < 1.29 is 14.7 Å². The Hall–Kier alpha value is -2.63. The Morgan fingerprint density at radius 2 is 2.00 bits per heavy atom. The summed E-state index contributed by atoms with van der Waals surface area (Å²) in [5.41, 5.74) is 0.304. The Kier molecular flexibility index (Phi) is 4.07. The average molecular weight is 288 g/mol. The van der Waals surface area contributed by atoms with Crippen molar-refractivity contribution in [3.8, 4) is 0 Å². The van der Waals surface area contributed by atoms with Gasteiger partial charge in [0, 0.05) is 30.7 Å². The van der Waals surface area contributed by atoms with Crippen molar-refractivity contribution in [1.82, 2.24) is 9.88 Å². The minimum atomic E-state index is -0.984. The number of benzene rings is 1. The summed E-state index contributed by atoms with van der Waals surface area (Å²) in [7, 11) is 1.48. The van der Waals surface area contributed by atoms with Gasteiger partial charge in [-0.3, -0.25) is 14.4 Å². The van der Waals surface area contributed by atoms with Crippen LogP contribution in [0.5, 0.6) is 0 Å². The van der Waals surface area contributed by atoms with Crippen LogP contribution in [0.3, 0.4) is 0 Å². The predicted molar refractivity (Wildman–Crippen MR) is 78.3 cm³/mol. The van der Waals surface area contributed by atoms with Crippen molar-refractivity contribution >= 4 is 22.8 Å². The molecular weight excluding hydrogens is 272 g/mol. The number of carbonyl (C=O) groups is 2. The third-order valence-corrected chi connectivity index (χ3v) is 3.33. The van der Waals surface area contributed by atoms with Gasteiger partial charge in [0.25, 0.3) is 5.91 Å². The molecule has 0 spiro atoms. The molecule has 0 fully saturated rings. The Balaban J connectivity index is 2.33. The number of hydrogen-bond acceptors (Lipinski definition) is 3. The van der Waals surface area contributed by atoms with Crippen LogP contribution in [0.4, 0.5) is 0 Å². The maximum Gasteiger partial charge on any atom is 0.308 e. The highest BCUT2D eigenvalue weighted by atomic mass is 16.4. The summed E-state index contributed by atoms with van der Waals surface area (Å²) in [4.78, 5) is 39.6. The van der Waals surface area contributed by atoms with Crippen LogP contribution in [0.1, 0.15) is 17.3 Å². The number of rotatable bonds is 4. The number of carbonyl (C=O) groups excluding carboxylic acids is 1. The number of aliphatic carboxylic acids is 1. The maximum atomic E-state index is 12.3. The van der Waals surface area contributed by atoms with Crippen LogP contribution in [0, 0.1) is 5.92 Å². The first-order chi connectivity index (χ1) is 9.91. The van der Waals surface area contributed by atoms with Gasteiger partial charge >= 0.3 is 5.97 Å². The number of amides is 1. The lowest BCUT2D eigenvalue weighted by Crippen LogP contribution is -2.36. The average Bonchev–Trinajstić information content (AvgIpc) is 2.47. The highest BCUT2D eigenvalue weighted by molar-refractivity contribution is 5.97. The lowest BCUT2D eigenvalue weighted by Gasteiger charge is -2.19. The molecule has 0 radical (unpaired) electrons. The van der Waals surface area contributed by atoms with Crippen molar-refractivity contribution in [1.29, 1.82) is 0 Å². The molecule has 2 aromatic rings. The van der Waals surface area contributed by atoms with E-state index in [1.165, 1.54) is 25.1 Å². The van der Waals surface area contributed by atoms with E-state index in [0.29, 0.717) is 10.9 Å². The fourth-order valence-corrected chi connectivity index (χ4v) is 2.10. The third-order valence-electron chi connectivity index (χ3n) is 3.33. The van der Waals surface area contributed by atoms with E-state index in [2.05, 4.69) is 4.98 Å². The maximum absolute atomic E-state index is 12.3. The quantitative estimate of drug-likeness (QED) is 0.887. The zero-order chi connectivity index (χ0) is 15.6. The smallest absolute Gasteiger partial charge is 0.308 e. The number of nitrogens with zero attached hydrogens (tertiary/aromatic N) is 1. The second-order valence-electron chi connectivity index (χ2n) is 5.00. The molecule has 21 heavy (non-hydrogen) atoms. The van der Waals surface area contributed by atoms with Gasteiger partial charge in [-0.25, -0.2) is 0 Å². The van der Waals surface area contributed by atoms with Crippen LogP contribution in [-0.2, 0) is 4.79 Å². The van der Waals surface area contributed by atoms with E-state index in [1.54, 1.807) is 24.3 Å². The number of hydrogen-bond donors (Lipinski definition) is 2. The van der Waals surface area contributed by atoms with E-state index in [1.807, 2.05) is 0 Å². The van der Waals surface area contributed by atoms with Crippen LogP contribution in [0.25, 0.3) is 10.9 Å². The molecule has 1 unspecified atom stereocenters. The van der Waals surface area contributed by atoms with Gasteiger partial charge in [0.15, 0.2) is 0 Å². The SMILES string of the molecule is CC(CN(C)C(=O)c1c[nH]c2ccccc2c1=O)C(=O)O. The molecule has 1 aromatic carbocycles. The molecule has 0 aliphatic heterocycles. The summed E-state index contributed by atoms with van der Waals surface area (Å²) in [6.45, 7) is 1.55. The largest absolute Gasteiger partial charge is 0.481 e. The zero-order valence-corrected chi connectivity index (χ0v) is 11.8. The van der Waals surface area contributed by atoms with Gasteiger partial charge in [0.05, 0.1) is 5.92 Å². The second kappa shape index (κ2) is 5.78. The predicted octanol–water partition coefficient (Wildman–Crippen LogP) is 1.32. The summed E-state index contributed by atoms with van der Waals surface area (Å²) >= 11 is 0. The molecule has 0 saturated carbocycles. The van der Waals surface area contributed by atoms with Gasteiger partial charge in [-0.1, -0.05) is 19.1 Å². The van der Waals surface area contributed by atoms with E-state index in [-0.39, 0.29) is 17.5 Å². The first-order valence-corrected chi connectivity index (χ1v) is 6.50.